The number of rotatable bonds is 1. The molecule has 0 radical (unpaired) electrons. The van der Waals surface area contributed by atoms with Crippen LogP contribution >= 0.6 is 0 Å². The zero-order valence-corrected chi connectivity index (χ0v) is 12.1. The normalized spacial score (nSPS) is 51.8. The molecule has 0 unspecified atom stereocenters. The quantitative estimate of drug-likeness (QED) is 0.672. The molecular weight excluding hydrogens is 228 g/mol. The lowest BCUT2D eigenvalue weighted by atomic mass is 9.45. The Kier molecular flexibility index (Phi) is 3.33. The van der Waals surface area contributed by atoms with Crippen molar-refractivity contribution in [2.24, 2.45) is 22.7 Å². The van der Waals surface area contributed by atoms with Gasteiger partial charge in [0.05, 0.1) is 11.7 Å². The van der Waals surface area contributed by atoms with Gasteiger partial charge in [-0.05, 0) is 42.9 Å². The molecule has 0 aromatic carbocycles. The van der Waals surface area contributed by atoms with Crippen molar-refractivity contribution in [3.05, 3.63) is 0 Å². The molecule has 0 saturated heterocycles. The molecule has 0 aromatic rings. The Morgan fingerprint density at radius 2 is 1.72 bits per heavy atom. The first kappa shape index (κ1) is 14.3. The molecule has 18 heavy (non-hydrogen) atoms. The van der Waals surface area contributed by atoms with Crippen molar-refractivity contribution in [1.82, 2.24) is 0 Å². The lowest BCUT2D eigenvalue weighted by Gasteiger charge is -2.62. The van der Waals surface area contributed by atoms with Crippen LogP contribution in [0.3, 0.4) is 0 Å². The third kappa shape index (κ3) is 1.83. The maximum Gasteiger partial charge on any atom is 0.0932 e. The molecule has 2 aliphatic carbocycles. The largest absolute Gasteiger partial charge is 0.396 e. The van der Waals surface area contributed by atoms with Crippen LogP contribution in [0.2, 0.25) is 0 Å². The summed E-state index contributed by atoms with van der Waals surface area (Å²) in [6.07, 6.45) is 3.26. The van der Waals surface area contributed by atoms with E-state index in [1.165, 1.54) is 6.42 Å². The van der Waals surface area contributed by atoms with Crippen LogP contribution in [0, 0.1) is 22.7 Å². The van der Waals surface area contributed by atoms with Crippen LogP contribution in [0.5, 0.6) is 0 Å². The van der Waals surface area contributed by atoms with Gasteiger partial charge in [-0.1, -0.05) is 27.2 Å². The fraction of sp³-hybridized carbons (Fsp3) is 1.00. The van der Waals surface area contributed by atoms with Gasteiger partial charge in [-0.2, -0.15) is 0 Å². The van der Waals surface area contributed by atoms with Gasteiger partial charge in [0.1, 0.15) is 0 Å². The molecule has 2 rings (SSSR count). The third-order valence-electron chi connectivity index (χ3n) is 6.09. The highest BCUT2D eigenvalue weighted by Crippen LogP contribution is 2.61. The third-order valence-corrected chi connectivity index (χ3v) is 6.09. The van der Waals surface area contributed by atoms with Gasteiger partial charge in [-0.3, -0.25) is 0 Å². The molecule has 2 fully saturated rings. The summed E-state index contributed by atoms with van der Waals surface area (Å²) in [4.78, 5) is 0. The molecule has 0 aromatic heterocycles. The Labute approximate surface area is 110 Å². The minimum atomic E-state index is -1.17. The monoisotopic (exact) mass is 256 g/mol. The minimum absolute atomic E-state index is 0.0485. The van der Waals surface area contributed by atoms with Gasteiger partial charge in [-0.25, -0.2) is 0 Å². The molecule has 0 bridgehead atoms. The molecule has 0 aliphatic heterocycles. The van der Waals surface area contributed by atoms with Crippen molar-refractivity contribution in [2.45, 2.75) is 65.1 Å². The van der Waals surface area contributed by atoms with Crippen molar-refractivity contribution < 1.29 is 15.3 Å². The fourth-order valence-electron chi connectivity index (χ4n) is 4.93. The van der Waals surface area contributed by atoms with Crippen LogP contribution in [-0.2, 0) is 0 Å². The van der Waals surface area contributed by atoms with E-state index in [9.17, 15) is 15.3 Å². The van der Waals surface area contributed by atoms with Crippen molar-refractivity contribution in [2.75, 3.05) is 6.61 Å². The Hall–Kier alpha value is -0.120. The van der Waals surface area contributed by atoms with Crippen molar-refractivity contribution >= 4 is 0 Å². The molecule has 5 atom stereocenters. The number of aliphatic hydroxyl groups excluding tert-OH is 2. The lowest BCUT2D eigenvalue weighted by Crippen LogP contribution is -2.64. The maximum atomic E-state index is 10.6. The molecule has 0 amide bonds. The first-order chi connectivity index (χ1) is 8.16. The zero-order chi connectivity index (χ0) is 13.8. The van der Waals surface area contributed by atoms with Gasteiger partial charge >= 0.3 is 0 Å². The molecule has 106 valence electrons. The summed E-state index contributed by atoms with van der Waals surface area (Å²) >= 11 is 0. The Balaban J connectivity index is 2.43. The molecule has 3 heteroatoms. The SMILES string of the molecule is CC1(C)CCC[C@@]2(C)[C@H]1C[C@H](O)[C@@](C)(O)[C@@H]2CO. The standard InChI is InChI=1S/C15H28O3/c1-13(2)6-5-7-14(3)10(13)8-12(17)15(4,18)11(14)9-16/h10-12,16-18H,5-9H2,1-4H3/t10-,11+,12-,14-,15-/m0/s1. The Morgan fingerprint density at radius 1 is 1.11 bits per heavy atom. The van der Waals surface area contributed by atoms with E-state index in [4.69, 9.17) is 0 Å². The predicted octanol–water partition coefficient (Wildman–Crippen LogP) is 1.94. The average Bonchev–Trinajstić information content (AvgIpc) is 2.22. The summed E-state index contributed by atoms with van der Waals surface area (Å²) < 4.78 is 0. The Morgan fingerprint density at radius 3 is 2.28 bits per heavy atom. The van der Waals surface area contributed by atoms with Crippen LogP contribution in [0.15, 0.2) is 0 Å². The number of hydrogen-bond acceptors (Lipinski definition) is 3. The van der Waals surface area contributed by atoms with Crippen LogP contribution in [0.1, 0.15) is 53.4 Å². The van der Waals surface area contributed by atoms with Crippen LogP contribution < -0.4 is 0 Å². The van der Waals surface area contributed by atoms with Gasteiger partial charge in [-0.15, -0.1) is 0 Å². The van der Waals surface area contributed by atoms with Gasteiger partial charge in [0, 0.05) is 12.5 Å². The summed E-state index contributed by atoms with van der Waals surface area (Å²) in [5.74, 6) is 0.129. The molecular formula is C15H28O3. The van der Waals surface area contributed by atoms with E-state index in [0.717, 1.165) is 12.8 Å². The molecule has 3 N–H and O–H groups in total. The number of hydrogen-bond donors (Lipinski definition) is 3. The van der Waals surface area contributed by atoms with Crippen LogP contribution in [-0.4, -0.2) is 33.6 Å². The van der Waals surface area contributed by atoms with E-state index in [1.54, 1.807) is 6.92 Å². The van der Waals surface area contributed by atoms with E-state index >= 15 is 0 Å². The van der Waals surface area contributed by atoms with Crippen LogP contribution in [0.4, 0.5) is 0 Å². The van der Waals surface area contributed by atoms with E-state index in [0.29, 0.717) is 12.3 Å². The molecule has 0 heterocycles. The second-order valence-corrected chi connectivity index (χ2v) is 7.61. The van der Waals surface area contributed by atoms with E-state index in [2.05, 4.69) is 20.8 Å². The highest BCUT2D eigenvalue weighted by Gasteiger charge is 2.60. The molecule has 2 aliphatic rings. The average molecular weight is 256 g/mol. The van der Waals surface area contributed by atoms with Crippen LogP contribution in [0.25, 0.3) is 0 Å². The van der Waals surface area contributed by atoms with Gasteiger partial charge in [0.25, 0.3) is 0 Å². The van der Waals surface area contributed by atoms with Crippen molar-refractivity contribution in [3.8, 4) is 0 Å². The first-order valence-electron chi connectivity index (χ1n) is 7.17. The fourth-order valence-corrected chi connectivity index (χ4v) is 4.93. The topological polar surface area (TPSA) is 60.7 Å². The second-order valence-electron chi connectivity index (χ2n) is 7.61. The van der Waals surface area contributed by atoms with Crippen molar-refractivity contribution in [1.29, 1.82) is 0 Å². The molecule has 2 saturated carbocycles. The predicted molar refractivity (Wildman–Crippen MR) is 71.1 cm³/mol. The first-order valence-corrected chi connectivity index (χ1v) is 7.17. The van der Waals surface area contributed by atoms with Gasteiger partial charge in [0.2, 0.25) is 0 Å². The minimum Gasteiger partial charge on any atom is -0.396 e. The summed E-state index contributed by atoms with van der Waals surface area (Å²) in [5.41, 5.74) is -1.06. The molecule has 0 spiro atoms. The number of aliphatic hydroxyl groups is 3. The zero-order valence-electron chi connectivity index (χ0n) is 12.1. The lowest BCUT2D eigenvalue weighted by molar-refractivity contribution is -0.227. The summed E-state index contributed by atoms with van der Waals surface area (Å²) in [6.45, 7) is 8.35. The highest BCUT2D eigenvalue weighted by molar-refractivity contribution is 5.10. The van der Waals surface area contributed by atoms with Crippen molar-refractivity contribution in [3.63, 3.8) is 0 Å². The summed E-state index contributed by atoms with van der Waals surface area (Å²) in [5, 5.41) is 30.6. The molecule has 3 nitrogen and oxygen atoms in total. The second kappa shape index (κ2) is 4.19. The van der Waals surface area contributed by atoms with E-state index in [-0.39, 0.29) is 23.4 Å². The summed E-state index contributed by atoms with van der Waals surface area (Å²) in [6, 6.07) is 0. The smallest absolute Gasteiger partial charge is 0.0932 e. The highest BCUT2D eigenvalue weighted by atomic mass is 16.3. The maximum absolute atomic E-state index is 10.6. The van der Waals surface area contributed by atoms with Gasteiger partial charge < -0.3 is 15.3 Å². The number of fused-ring (bicyclic) bond motifs is 1. The van der Waals surface area contributed by atoms with Gasteiger partial charge in [0.15, 0.2) is 0 Å². The Bertz CT molecular complexity index is 320. The summed E-state index contributed by atoms with van der Waals surface area (Å²) in [7, 11) is 0. The van der Waals surface area contributed by atoms with E-state index in [1.807, 2.05) is 0 Å². The van der Waals surface area contributed by atoms with E-state index < -0.39 is 11.7 Å².